The topological polar surface area (TPSA) is 67.8 Å². The van der Waals surface area contributed by atoms with Crippen molar-refractivity contribution < 1.29 is 19.4 Å². The SMILES string of the molecule is CCC(C)(C)NCC(O)COc1cc(OC)ccc1CCC(=O)c1ccccc1. The van der Waals surface area contributed by atoms with Gasteiger partial charge in [-0.15, -0.1) is 0 Å². The van der Waals surface area contributed by atoms with Gasteiger partial charge in [0.1, 0.15) is 24.2 Å². The number of carbonyl (C=O) groups excluding carboxylic acids is 1. The van der Waals surface area contributed by atoms with Crippen LogP contribution in [0.4, 0.5) is 0 Å². The fourth-order valence-electron chi connectivity index (χ4n) is 2.78. The lowest BCUT2D eigenvalue weighted by molar-refractivity contribution is 0.0965. The highest BCUT2D eigenvalue weighted by atomic mass is 16.5. The van der Waals surface area contributed by atoms with Gasteiger partial charge in [0.2, 0.25) is 0 Å². The van der Waals surface area contributed by atoms with Crippen LogP contribution in [0.2, 0.25) is 0 Å². The number of methoxy groups -OCH3 is 1. The monoisotopic (exact) mass is 399 g/mol. The van der Waals surface area contributed by atoms with Crippen molar-refractivity contribution in [3.8, 4) is 11.5 Å². The molecule has 0 fully saturated rings. The van der Waals surface area contributed by atoms with Crippen molar-refractivity contribution >= 4 is 5.78 Å². The molecule has 1 unspecified atom stereocenters. The number of ether oxygens (including phenoxy) is 2. The lowest BCUT2D eigenvalue weighted by atomic mass is 10.0. The zero-order chi connectivity index (χ0) is 21.3. The Kier molecular flexibility index (Phi) is 8.68. The lowest BCUT2D eigenvalue weighted by Gasteiger charge is -2.26. The highest BCUT2D eigenvalue weighted by Gasteiger charge is 2.17. The molecule has 0 spiro atoms. The van der Waals surface area contributed by atoms with E-state index in [9.17, 15) is 9.90 Å². The summed E-state index contributed by atoms with van der Waals surface area (Å²) in [6.45, 7) is 6.93. The number of rotatable bonds is 12. The van der Waals surface area contributed by atoms with Crippen LogP contribution in [0.25, 0.3) is 0 Å². The van der Waals surface area contributed by atoms with Crippen molar-refractivity contribution in [2.45, 2.75) is 51.7 Å². The Morgan fingerprint density at radius 2 is 1.90 bits per heavy atom. The van der Waals surface area contributed by atoms with Crippen LogP contribution in [-0.2, 0) is 6.42 Å². The number of hydrogen-bond acceptors (Lipinski definition) is 5. The largest absolute Gasteiger partial charge is 0.497 e. The van der Waals surface area contributed by atoms with Crippen LogP contribution in [0, 0.1) is 0 Å². The minimum absolute atomic E-state index is 0.0279. The molecule has 0 radical (unpaired) electrons. The summed E-state index contributed by atoms with van der Waals surface area (Å²) in [5, 5.41) is 13.6. The molecule has 2 aromatic carbocycles. The molecule has 0 aliphatic carbocycles. The van der Waals surface area contributed by atoms with E-state index in [1.54, 1.807) is 13.2 Å². The molecule has 0 saturated heterocycles. The first-order valence-corrected chi connectivity index (χ1v) is 10.2. The predicted octanol–water partition coefficient (Wildman–Crippen LogP) is 4.03. The maximum atomic E-state index is 12.4. The van der Waals surface area contributed by atoms with Crippen molar-refractivity contribution in [2.24, 2.45) is 0 Å². The third-order valence-corrected chi connectivity index (χ3v) is 5.12. The van der Waals surface area contributed by atoms with Crippen LogP contribution in [-0.4, -0.2) is 42.8 Å². The molecule has 158 valence electrons. The van der Waals surface area contributed by atoms with Gasteiger partial charge in [-0.1, -0.05) is 43.3 Å². The Morgan fingerprint density at radius 1 is 1.17 bits per heavy atom. The molecule has 5 heteroatoms. The van der Waals surface area contributed by atoms with E-state index in [1.165, 1.54) is 0 Å². The molecule has 0 aromatic heterocycles. The summed E-state index contributed by atoms with van der Waals surface area (Å²) in [6.07, 6.45) is 1.28. The van der Waals surface area contributed by atoms with Crippen molar-refractivity contribution in [1.29, 1.82) is 0 Å². The molecule has 0 aliphatic heterocycles. The van der Waals surface area contributed by atoms with Gasteiger partial charge in [0, 0.05) is 30.1 Å². The molecular weight excluding hydrogens is 366 g/mol. The summed E-state index contributed by atoms with van der Waals surface area (Å²) in [6, 6.07) is 14.9. The second-order valence-corrected chi connectivity index (χ2v) is 7.85. The minimum Gasteiger partial charge on any atom is -0.497 e. The smallest absolute Gasteiger partial charge is 0.163 e. The molecule has 1 atom stereocenters. The van der Waals surface area contributed by atoms with Gasteiger partial charge < -0.3 is 19.9 Å². The second-order valence-electron chi connectivity index (χ2n) is 7.85. The van der Waals surface area contributed by atoms with E-state index in [-0.39, 0.29) is 17.9 Å². The Balaban J connectivity index is 1.98. The van der Waals surface area contributed by atoms with Crippen molar-refractivity contribution in [3.05, 3.63) is 59.7 Å². The predicted molar refractivity (Wildman–Crippen MR) is 116 cm³/mol. The summed E-state index contributed by atoms with van der Waals surface area (Å²) >= 11 is 0. The van der Waals surface area contributed by atoms with Gasteiger partial charge in [-0.3, -0.25) is 4.79 Å². The Morgan fingerprint density at radius 3 is 2.55 bits per heavy atom. The maximum absolute atomic E-state index is 12.4. The number of aliphatic hydroxyl groups excluding tert-OH is 1. The van der Waals surface area contributed by atoms with Gasteiger partial charge in [0.15, 0.2) is 5.78 Å². The number of β-amino-alcohol motifs (C(OH)–C–C–N with tert-alkyl or cyclic N) is 1. The number of benzene rings is 2. The molecule has 2 rings (SSSR count). The fourth-order valence-corrected chi connectivity index (χ4v) is 2.78. The minimum atomic E-state index is -0.633. The van der Waals surface area contributed by atoms with E-state index < -0.39 is 6.10 Å². The number of ketones is 1. The normalized spacial score (nSPS) is 12.4. The third-order valence-electron chi connectivity index (χ3n) is 5.12. The maximum Gasteiger partial charge on any atom is 0.163 e. The zero-order valence-corrected chi connectivity index (χ0v) is 17.9. The van der Waals surface area contributed by atoms with Gasteiger partial charge in [-0.25, -0.2) is 0 Å². The van der Waals surface area contributed by atoms with Gasteiger partial charge in [-0.2, -0.15) is 0 Å². The van der Waals surface area contributed by atoms with Crippen LogP contribution in [0.3, 0.4) is 0 Å². The van der Waals surface area contributed by atoms with Crippen LogP contribution in [0.15, 0.2) is 48.5 Å². The Labute approximate surface area is 174 Å². The van der Waals surface area contributed by atoms with Crippen LogP contribution in [0.1, 0.15) is 49.5 Å². The molecule has 0 bridgehead atoms. The number of nitrogens with one attached hydrogen (secondary N) is 1. The first kappa shape index (κ1) is 22.9. The molecule has 5 nitrogen and oxygen atoms in total. The highest BCUT2D eigenvalue weighted by Crippen LogP contribution is 2.26. The van der Waals surface area contributed by atoms with Crippen molar-refractivity contribution in [1.82, 2.24) is 5.32 Å². The summed E-state index contributed by atoms with van der Waals surface area (Å²) in [7, 11) is 1.60. The first-order chi connectivity index (χ1) is 13.8. The summed E-state index contributed by atoms with van der Waals surface area (Å²) in [5.74, 6) is 1.41. The molecular formula is C24H33NO4. The van der Waals surface area contributed by atoms with Crippen LogP contribution < -0.4 is 14.8 Å². The van der Waals surface area contributed by atoms with E-state index in [2.05, 4.69) is 26.1 Å². The summed E-state index contributed by atoms with van der Waals surface area (Å²) < 4.78 is 11.2. The number of carbonyl (C=O) groups is 1. The summed E-state index contributed by atoms with van der Waals surface area (Å²) in [4.78, 5) is 12.4. The standard InChI is InChI=1S/C24H33NO4/c1-5-24(2,3)25-16-20(26)17-29-23-15-21(28-4)13-11-19(23)12-14-22(27)18-9-7-6-8-10-18/h6-11,13,15,20,25-26H,5,12,14,16-17H2,1-4H3. The molecule has 0 aliphatic rings. The average molecular weight is 400 g/mol. The molecule has 0 heterocycles. The Bertz CT molecular complexity index is 774. The van der Waals surface area contributed by atoms with Crippen LogP contribution >= 0.6 is 0 Å². The molecule has 0 saturated carbocycles. The third kappa shape index (κ3) is 7.52. The molecule has 2 aromatic rings. The lowest BCUT2D eigenvalue weighted by Crippen LogP contribution is -2.44. The van der Waals surface area contributed by atoms with Gasteiger partial charge in [-0.05, 0) is 38.3 Å². The van der Waals surface area contributed by atoms with Gasteiger partial charge >= 0.3 is 0 Å². The van der Waals surface area contributed by atoms with Crippen LogP contribution in [0.5, 0.6) is 11.5 Å². The molecule has 29 heavy (non-hydrogen) atoms. The zero-order valence-electron chi connectivity index (χ0n) is 17.9. The number of aliphatic hydroxyl groups is 1. The second kappa shape index (κ2) is 11.0. The number of Topliss-reactive ketones (excluding diaryl/α,β-unsaturated/α-hetero) is 1. The first-order valence-electron chi connectivity index (χ1n) is 10.2. The van der Waals surface area contributed by atoms with E-state index >= 15 is 0 Å². The van der Waals surface area contributed by atoms with Gasteiger partial charge in [0.05, 0.1) is 7.11 Å². The van der Waals surface area contributed by atoms with E-state index in [0.29, 0.717) is 36.4 Å². The van der Waals surface area contributed by atoms with Gasteiger partial charge in [0.25, 0.3) is 0 Å². The summed E-state index contributed by atoms with van der Waals surface area (Å²) in [5.41, 5.74) is 1.60. The molecule has 2 N–H and O–H groups in total. The van der Waals surface area contributed by atoms with E-state index in [4.69, 9.17) is 9.47 Å². The Hall–Kier alpha value is -2.37. The molecule has 0 amide bonds. The van der Waals surface area contributed by atoms with E-state index in [0.717, 1.165) is 12.0 Å². The average Bonchev–Trinajstić information content (AvgIpc) is 2.75. The highest BCUT2D eigenvalue weighted by molar-refractivity contribution is 5.96. The van der Waals surface area contributed by atoms with Crippen molar-refractivity contribution in [3.63, 3.8) is 0 Å². The number of aryl methyl sites for hydroxylation is 1. The number of hydrogen-bond donors (Lipinski definition) is 2. The quantitative estimate of drug-likeness (QED) is 0.528. The van der Waals surface area contributed by atoms with Crippen molar-refractivity contribution in [2.75, 3.05) is 20.3 Å². The fraction of sp³-hybridized carbons (Fsp3) is 0.458. The van der Waals surface area contributed by atoms with E-state index in [1.807, 2.05) is 42.5 Å².